The van der Waals surface area contributed by atoms with Crippen LogP contribution in [0.15, 0.2) is 53.9 Å². The molecular weight excluding hydrogens is 446 g/mol. The maximum absolute atomic E-state index is 13.8. The molecule has 1 aliphatic heterocycles. The molecule has 172 valence electrons. The molecule has 0 spiro atoms. The van der Waals surface area contributed by atoms with Gasteiger partial charge >= 0.3 is 6.03 Å². The molecule has 1 N–H and O–H groups in total. The summed E-state index contributed by atoms with van der Waals surface area (Å²) in [5.41, 5.74) is 2.03. The van der Waals surface area contributed by atoms with E-state index in [1.165, 1.54) is 35.6 Å². The highest BCUT2D eigenvalue weighted by Gasteiger charge is 2.27. The molecule has 1 saturated heterocycles. The van der Waals surface area contributed by atoms with Crippen LogP contribution >= 0.6 is 11.3 Å². The minimum atomic E-state index is -0.372. The summed E-state index contributed by atoms with van der Waals surface area (Å²) in [7, 11) is 0. The fourth-order valence-electron chi connectivity index (χ4n) is 3.94. The van der Waals surface area contributed by atoms with Crippen molar-refractivity contribution in [1.82, 2.24) is 15.2 Å². The predicted octanol–water partition coefficient (Wildman–Crippen LogP) is 4.67. The van der Waals surface area contributed by atoms with E-state index in [4.69, 9.17) is 0 Å². The van der Waals surface area contributed by atoms with E-state index in [0.29, 0.717) is 35.9 Å². The van der Waals surface area contributed by atoms with Crippen molar-refractivity contribution < 1.29 is 18.4 Å². The molecule has 0 aliphatic carbocycles. The van der Waals surface area contributed by atoms with Crippen LogP contribution in [-0.2, 0) is 17.8 Å². The number of hydrogen-bond donors (Lipinski definition) is 1. The maximum atomic E-state index is 13.8. The highest BCUT2D eigenvalue weighted by molar-refractivity contribution is 7.14. The molecule has 2 heterocycles. The summed E-state index contributed by atoms with van der Waals surface area (Å²) in [6.45, 7) is 3.25. The van der Waals surface area contributed by atoms with Crippen molar-refractivity contribution in [2.75, 3.05) is 18.0 Å². The second-order valence-electron chi connectivity index (χ2n) is 7.81. The number of amides is 3. The second kappa shape index (κ2) is 10.1. The lowest BCUT2D eigenvalue weighted by Crippen LogP contribution is -2.35. The van der Waals surface area contributed by atoms with E-state index < -0.39 is 0 Å². The number of halogens is 2. The van der Waals surface area contributed by atoms with Gasteiger partial charge in [0.2, 0.25) is 5.91 Å². The quantitative estimate of drug-likeness (QED) is 0.520. The third kappa shape index (κ3) is 5.36. The Morgan fingerprint density at radius 1 is 1.21 bits per heavy atom. The van der Waals surface area contributed by atoms with Crippen LogP contribution in [0.25, 0.3) is 0 Å². The summed E-state index contributed by atoms with van der Waals surface area (Å²) in [4.78, 5) is 33.1. The van der Waals surface area contributed by atoms with Crippen LogP contribution in [0.1, 0.15) is 36.2 Å². The van der Waals surface area contributed by atoms with E-state index >= 15 is 0 Å². The Hall–Kier alpha value is -3.33. The van der Waals surface area contributed by atoms with Gasteiger partial charge in [0.1, 0.15) is 11.6 Å². The highest BCUT2D eigenvalue weighted by atomic mass is 32.1. The summed E-state index contributed by atoms with van der Waals surface area (Å²) < 4.78 is 27.3. The summed E-state index contributed by atoms with van der Waals surface area (Å²) in [5, 5.41) is 5.06. The van der Waals surface area contributed by atoms with E-state index in [9.17, 15) is 18.4 Å². The van der Waals surface area contributed by atoms with Crippen LogP contribution in [0.5, 0.6) is 0 Å². The molecule has 0 saturated carbocycles. The zero-order valence-electron chi connectivity index (χ0n) is 18.1. The van der Waals surface area contributed by atoms with E-state index in [1.807, 2.05) is 6.92 Å². The van der Waals surface area contributed by atoms with Crippen molar-refractivity contribution in [3.63, 3.8) is 0 Å². The lowest BCUT2D eigenvalue weighted by atomic mass is 10.0. The lowest BCUT2D eigenvalue weighted by molar-refractivity contribution is -0.133. The van der Waals surface area contributed by atoms with Gasteiger partial charge in [-0.2, -0.15) is 0 Å². The van der Waals surface area contributed by atoms with Gasteiger partial charge in [-0.25, -0.2) is 18.6 Å². The van der Waals surface area contributed by atoms with Crippen molar-refractivity contribution in [1.29, 1.82) is 0 Å². The Kier molecular flexibility index (Phi) is 6.98. The first-order valence-corrected chi connectivity index (χ1v) is 11.6. The van der Waals surface area contributed by atoms with Gasteiger partial charge in [0.15, 0.2) is 5.13 Å². The molecule has 0 radical (unpaired) electrons. The van der Waals surface area contributed by atoms with Crippen molar-refractivity contribution >= 4 is 28.4 Å². The van der Waals surface area contributed by atoms with E-state index in [1.54, 1.807) is 39.4 Å². The normalized spacial score (nSPS) is 14.3. The third-order valence-electron chi connectivity index (χ3n) is 5.54. The first-order valence-electron chi connectivity index (χ1n) is 10.7. The average molecular weight is 471 g/mol. The summed E-state index contributed by atoms with van der Waals surface area (Å²) >= 11 is 1.31. The number of anilines is 1. The van der Waals surface area contributed by atoms with Gasteiger partial charge in [-0.05, 0) is 41.8 Å². The molecule has 1 fully saturated rings. The molecule has 33 heavy (non-hydrogen) atoms. The maximum Gasteiger partial charge on any atom is 0.323 e. The average Bonchev–Trinajstić information content (AvgIpc) is 3.43. The monoisotopic (exact) mass is 470 g/mol. The molecule has 3 aromatic rings. The molecule has 2 aromatic carbocycles. The molecule has 1 unspecified atom stereocenters. The van der Waals surface area contributed by atoms with Gasteiger partial charge in [0.25, 0.3) is 0 Å². The van der Waals surface area contributed by atoms with Crippen LogP contribution in [0.2, 0.25) is 0 Å². The van der Waals surface area contributed by atoms with Crippen molar-refractivity contribution in [2.45, 2.75) is 32.4 Å². The van der Waals surface area contributed by atoms with Crippen molar-refractivity contribution in [3.8, 4) is 0 Å². The molecule has 6 nitrogen and oxygen atoms in total. The van der Waals surface area contributed by atoms with Crippen LogP contribution in [-0.4, -0.2) is 34.9 Å². The number of urea groups is 1. The fourth-order valence-corrected chi connectivity index (χ4v) is 4.79. The van der Waals surface area contributed by atoms with Gasteiger partial charge in [-0.3, -0.25) is 9.69 Å². The number of benzene rings is 2. The zero-order chi connectivity index (χ0) is 23.4. The zero-order valence-corrected chi connectivity index (χ0v) is 18.9. The highest BCUT2D eigenvalue weighted by Crippen LogP contribution is 2.29. The molecular formula is C24H24F2N4O2S. The van der Waals surface area contributed by atoms with Gasteiger partial charge < -0.3 is 10.2 Å². The van der Waals surface area contributed by atoms with Crippen LogP contribution in [0.4, 0.5) is 18.7 Å². The number of thiazole rings is 1. The molecule has 9 heteroatoms. The summed E-state index contributed by atoms with van der Waals surface area (Å²) in [6, 6.07) is 11.7. The summed E-state index contributed by atoms with van der Waals surface area (Å²) in [6.07, 6.45) is 0.641. The number of nitrogens with zero attached hydrogens (tertiary/aromatic N) is 3. The molecule has 1 aliphatic rings. The Labute approximate surface area is 194 Å². The number of carbonyl (C=O) groups excluding carboxylic acids is 2. The van der Waals surface area contributed by atoms with Crippen LogP contribution in [0, 0.1) is 11.6 Å². The van der Waals surface area contributed by atoms with Crippen molar-refractivity contribution in [3.05, 3.63) is 82.4 Å². The smallest absolute Gasteiger partial charge is 0.323 e. The first kappa shape index (κ1) is 22.8. The SMILES string of the molecule is CCC(c1ccc(F)cc1)N(Cc1cccc(F)c1)C(=O)Cc1csc(N2CCNC2=O)n1. The largest absolute Gasteiger partial charge is 0.336 e. The van der Waals surface area contributed by atoms with E-state index in [2.05, 4.69) is 10.3 Å². The Morgan fingerprint density at radius 2 is 2.00 bits per heavy atom. The number of rotatable bonds is 8. The third-order valence-corrected chi connectivity index (χ3v) is 6.45. The number of aromatic nitrogens is 1. The van der Waals surface area contributed by atoms with Crippen LogP contribution in [0.3, 0.4) is 0 Å². The van der Waals surface area contributed by atoms with Crippen molar-refractivity contribution in [2.24, 2.45) is 0 Å². The van der Waals surface area contributed by atoms with E-state index in [0.717, 1.165) is 5.56 Å². The Bertz CT molecular complexity index is 1140. The van der Waals surface area contributed by atoms with Gasteiger partial charge in [-0.1, -0.05) is 31.2 Å². The lowest BCUT2D eigenvalue weighted by Gasteiger charge is -2.32. The van der Waals surface area contributed by atoms with Crippen LogP contribution < -0.4 is 10.2 Å². The Morgan fingerprint density at radius 3 is 2.67 bits per heavy atom. The fraction of sp³-hybridized carbons (Fsp3) is 0.292. The van der Waals surface area contributed by atoms with Gasteiger partial charge in [0.05, 0.1) is 18.2 Å². The molecule has 3 amide bonds. The van der Waals surface area contributed by atoms with E-state index in [-0.39, 0.29) is 42.6 Å². The minimum Gasteiger partial charge on any atom is -0.336 e. The first-order chi connectivity index (χ1) is 15.9. The summed E-state index contributed by atoms with van der Waals surface area (Å²) in [5.74, 6) is -0.904. The van der Waals surface area contributed by atoms with Gasteiger partial charge in [-0.15, -0.1) is 11.3 Å². The molecule has 0 bridgehead atoms. The number of hydrogen-bond acceptors (Lipinski definition) is 4. The molecule has 4 rings (SSSR count). The molecule has 1 aromatic heterocycles. The Balaban J connectivity index is 1.59. The molecule has 1 atom stereocenters. The standard InChI is InChI=1S/C24H24F2N4O2S/c1-2-21(17-6-8-18(25)9-7-17)30(14-16-4-3-5-19(26)12-16)22(31)13-20-15-33-24(28-20)29-11-10-27-23(29)32/h3-9,12,15,21H,2,10-11,13-14H2,1H3,(H,27,32). The predicted molar refractivity (Wildman–Crippen MR) is 123 cm³/mol. The number of carbonyl (C=O) groups is 2. The second-order valence-corrected chi connectivity index (χ2v) is 8.65. The minimum absolute atomic E-state index is 0.0406. The number of nitrogens with one attached hydrogen (secondary N) is 1. The van der Waals surface area contributed by atoms with Gasteiger partial charge in [0, 0.05) is 25.0 Å². The topological polar surface area (TPSA) is 65.5 Å².